The van der Waals surface area contributed by atoms with Crippen LogP contribution in [0.25, 0.3) is 0 Å². The highest BCUT2D eigenvalue weighted by molar-refractivity contribution is 7.92. The number of carbonyl (C=O) groups is 1. The van der Waals surface area contributed by atoms with Gasteiger partial charge in [-0.3, -0.25) is 4.79 Å². The molecule has 9 nitrogen and oxygen atoms in total. The van der Waals surface area contributed by atoms with E-state index in [1.165, 1.54) is 0 Å². The molecule has 0 bridgehead atoms. The van der Waals surface area contributed by atoms with E-state index >= 15 is 0 Å². The third-order valence-corrected chi connectivity index (χ3v) is 8.61. The maximum absolute atomic E-state index is 12.7. The summed E-state index contributed by atoms with van der Waals surface area (Å²) in [5.74, 6) is -0.534. The average Bonchev–Trinajstić information content (AvgIpc) is 3.13. The topological polar surface area (TPSA) is 124 Å². The highest BCUT2D eigenvalue weighted by Crippen LogP contribution is 2.33. The Morgan fingerprint density at radius 1 is 1.23 bits per heavy atom. The van der Waals surface area contributed by atoms with Crippen LogP contribution in [0.4, 0.5) is 5.69 Å². The third-order valence-electron chi connectivity index (χ3n) is 6.44. The fourth-order valence-electron chi connectivity index (χ4n) is 4.64. The molecule has 3 aliphatic rings. The van der Waals surface area contributed by atoms with Gasteiger partial charge in [-0.2, -0.15) is 5.26 Å². The number of ether oxygens (including phenoxy) is 1. The maximum atomic E-state index is 12.7. The Kier molecular flexibility index (Phi) is 6.21. The number of fused-ring (bicyclic) bond motifs is 1. The van der Waals surface area contributed by atoms with Gasteiger partial charge < -0.3 is 15.4 Å². The Bertz CT molecular complexity index is 959. The lowest BCUT2D eigenvalue weighted by molar-refractivity contribution is -0.128. The molecule has 1 amide bonds. The SMILES string of the molecule is CC(C)S(=O)(=O)c1ccc(NC2NN([C@H]3COCC[C@@H]3C#N)C3CCNC(=O)C23)cc1. The van der Waals surface area contributed by atoms with Gasteiger partial charge in [-0.15, -0.1) is 0 Å². The number of hydrazine groups is 1. The smallest absolute Gasteiger partial charge is 0.228 e. The maximum Gasteiger partial charge on any atom is 0.228 e. The zero-order valence-corrected chi connectivity index (χ0v) is 18.6. The van der Waals surface area contributed by atoms with Crippen LogP contribution in [0.5, 0.6) is 0 Å². The largest absolute Gasteiger partial charge is 0.380 e. The molecular formula is C21H29N5O4S. The van der Waals surface area contributed by atoms with Crippen LogP contribution < -0.4 is 16.1 Å². The van der Waals surface area contributed by atoms with E-state index in [1.807, 2.05) is 5.01 Å². The highest BCUT2D eigenvalue weighted by atomic mass is 32.2. The zero-order valence-electron chi connectivity index (χ0n) is 17.7. The zero-order chi connectivity index (χ0) is 22.2. The number of anilines is 1. The van der Waals surface area contributed by atoms with E-state index in [4.69, 9.17) is 4.74 Å². The van der Waals surface area contributed by atoms with Gasteiger partial charge in [0, 0.05) is 24.9 Å². The summed E-state index contributed by atoms with van der Waals surface area (Å²) in [4.78, 5) is 13.0. The summed E-state index contributed by atoms with van der Waals surface area (Å²) in [5.41, 5.74) is 4.14. The van der Waals surface area contributed by atoms with Crippen molar-refractivity contribution in [2.75, 3.05) is 25.1 Å². The predicted molar refractivity (Wildman–Crippen MR) is 114 cm³/mol. The van der Waals surface area contributed by atoms with Crippen molar-refractivity contribution >= 4 is 21.4 Å². The number of nitrogens with zero attached hydrogens (tertiary/aromatic N) is 2. The second kappa shape index (κ2) is 8.74. The van der Waals surface area contributed by atoms with Crippen LogP contribution in [-0.2, 0) is 19.4 Å². The number of piperidine rings is 1. The van der Waals surface area contributed by atoms with Crippen molar-refractivity contribution in [2.24, 2.45) is 11.8 Å². The van der Waals surface area contributed by atoms with Crippen LogP contribution in [0.3, 0.4) is 0 Å². The number of nitrogens with one attached hydrogen (secondary N) is 3. The lowest BCUT2D eigenvalue weighted by Crippen LogP contribution is -2.56. The number of sulfone groups is 1. The molecule has 31 heavy (non-hydrogen) atoms. The van der Waals surface area contributed by atoms with Crippen molar-refractivity contribution in [3.63, 3.8) is 0 Å². The van der Waals surface area contributed by atoms with Crippen molar-refractivity contribution in [1.82, 2.24) is 15.8 Å². The second-order valence-electron chi connectivity index (χ2n) is 8.62. The van der Waals surface area contributed by atoms with Crippen LogP contribution >= 0.6 is 0 Å². The highest BCUT2D eigenvalue weighted by Gasteiger charge is 2.51. The standard InChI is InChI=1S/C21H29N5O4S/c1-13(2)31(28,29)16-5-3-15(4-6-16)24-20-19-17(7-9-23-21(19)27)26(25-20)18-12-30-10-8-14(18)11-22/h3-6,13-14,17-20,24-25H,7-10,12H2,1-2H3,(H,23,27)/t14-,17?,18+,19?,20?/m1/s1. The minimum Gasteiger partial charge on any atom is -0.380 e. The van der Waals surface area contributed by atoms with E-state index in [0.717, 1.165) is 12.1 Å². The van der Waals surface area contributed by atoms with E-state index in [9.17, 15) is 18.5 Å². The van der Waals surface area contributed by atoms with E-state index < -0.39 is 15.1 Å². The molecule has 3 aliphatic heterocycles. The lowest BCUT2D eigenvalue weighted by Gasteiger charge is -2.39. The van der Waals surface area contributed by atoms with Crippen molar-refractivity contribution in [1.29, 1.82) is 5.26 Å². The number of hydrogen-bond donors (Lipinski definition) is 3. The van der Waals surface area contributed by atoms with Crippen molar-refractivity contribution in [3.05, 3.63) is 24.3 Å². The van der Waals surface area contributed by atoms with Crippen LogP contribution in [-0.4, -0.2) is 62.6 Å². The molecule has 168 valence electrons. The number of rotatable bonds is 5. The van der Waals surface area contributed by atoms with Gasteiger partial charge >= 0.3 is 0 Å². The molecule has 0 aromatic heterocycles. The number of hydrogen-bond acceptors (Lipinski definition) is 8. The summed E-state index contributed by atoms with van der Waals surface area (Å²) in [7, 11) is -3.34. The first-order valence-electron chi connectivity index (χ1n) is 10.7. The summed E-state index contributed by atoms with van der Waals surface area (Å²) in [6.07, 6.45) is 1.08. The number of benzene rings is 1. The van der Waals surface area contributed by atoms with E-state index in [1.54, 1.807) is 38.1 Å². The molecule has 3 fully saturated rings. The van der Waals surface area contributed by atoms with Gasteiger partial charge in [0.15, 0.2) is 9.84 Å². The summed E-state index contributed by atoms with van der Waals surface area (Å²) in [6.45, 7) is 4.93. The first-order valence-corrected chi connectivity index (χ1v) is 12.3. The van der Waals surface area contributed by atoms with Crippen LogP contribution in [0.2, 0.25) is 0 Å². The normalized spacial score (nSPS) is 31.7. The summed E-state index contributed by atoms with van der Waals surface area (Å²) in [6, 6.07) is 8.83. The molecule has 3 unspecified atom stereocenters. The Labute approximate surface area is 183 Å². The molecular weight excluding hydrogens is 418 g/mol. The fourth-order valence-corrected chi connectivity index (χ4v) is 5.70. The number of amides is 1. The number of carbonyl (C=O) groups excluding carboxylic acids is 1. The van der Waals surface area contributed by atoms with Gasteiger partial charge in [0.05, 0.1) is 40.7 Å². The summed E-state index contributed by atoms with van der Waals surface area (Å²) >= 11 is 0. The van der Waals surface area contributed by atoms with Gasteiger partial charge in [-0.25, -0.2) is 18.9 Å². The summed E-state index contributed by atoms with van der Waals surface area (Å²) in [5, 5.41) is 17.4. The van der Waals surface area contributed by atoms with Crippen molar-refractivity contribution in [2.45, 2.75) is 55.1 Å². The Balaban J connectivity index is 1.55. The van der Waals surface area contributed by atoms with E-state index in [0.29, 0.717) is 26.2 Å². The molecule has 3 heterocycles. The monoisotopic (exact) mass is 447 g/mol. The Morgan fingerprint density at radius 2 is 1.97 bits per heavy atom. The quantitative estimate of drug-likeness (QED) is 0.607. The minimum atomic E-state index is -3.34. The second-order valence-corrected chi connectivity index (χ2v) is 11.1. The molecule has 3 saturated heterocycles. The van der Waals surface area contributed by atoms with Gasteiger partial charge in [0.25, 0.3) is 0 Å². The fraction of sp³-hybridized carbons (Fsp3) is 0.619. The van der Waals surface area contributed by atoms with Gasteiger partial charge in [-0.05, 0) is 51.0 Å². The van der Waals surface area contributed by atoms with Crippen LogP contribution in [0, 0.1) is 23.2 Å². The molecule has 0 aliphatic carbocycles. The van der Waals surface area contributed by atoms with E-state index in [2.05, 4.69) is 22.1 Å². The molecule has 0 radical (unpaired) electrons. The average molecular weight is 448 g/mol. The number of nitriles is 1. The van der Waals surface area contributed by atoms with Crippen LogP contribution in [0.15, 0.2) is 29.2 Å². The molecule has 4 rings (SSSR count). The van der Waals surface area contributed by atoms with E-state index in [-0.39, 0.29) is 40.9 Å². The molecule has 5 atom stereocenters. The third kappa shape index (κ3) is 4.15. The van der Waals surface area contributed by atoms with Gasteiger partial charge in [-0.1, -0.05) is 0 Å². The molecule has 1 aromatic rings. The molecule has 3 N–H and O–H groups in total. The van der Waals surface area contributed by atoms with Gasteiger partial charge in [0.2, 0.25) is 5.91 Å². The predicted octanol–water partition coefficient (Wildman–Crippen LogP) is 0.860. The van der Waals surface area contributed by atoms with Gasteiger partial charge in [0.1, 0.15) is 6.17 Å². The molecule has 1 aromatic carbocycles. The van der Waals surface area contributed by atoms with Crippen molar-refractivity contribution < 1.29 is 17.9 Å². The Hall–Kier alpha value is -2.19. The van der Waals surface area contributed by atoms with Crippen molar-refractivity contribution in [3.8, 4) is 6.07 Å². The lowest BCUT2D eigenvalue weighted by atomic mass is 9.88. The molecule has 10 heteroatoms. The van der Waals surface area contributed by atoms with Crippen LogP contribution in [0.1, 0.15) is 26.7 Å². The first-order chi connectivity index (χ1) is 14.8. The first kappa shape index (κ1) is 22.0. The molecule has 0 saturated carbocycles. The Morgan fingerprint density at radius 3 is 2.65 bits per heavy atom. The summed E-state index contributed by atoms with van der Waals surface area (Å²) < 4.78 is 30.4. The molecule has 0 spiro atoms. The minimum absolute atomic E-state index is 0.0343.